The van der Waals surface area contributed by atoms with Crippen LogP contribution in [0.15, 0.2) is 83.8 Å². The van der Waals surface area contributed by atoms with Crippen LogP contribution in [-0.4, -0.2) is 27.5 Å². The van der Waals surface area contributed by atoms with Gasteiger partial charge in [0.05, 0.1) is 4.90 Å². The molecule has 7 nitrogen and oxygen atoms in total. The Bertz CT molecular complexity index is 1080. The predicted octanol–water partition coefficient (Wildman–Crippen LogP) is 4.18. The minimum atomic E-state index is -3.53. The molecule has 3 aromatic carbocycles. The van der Waals surface area contributed by atoms with Crippen LogP contribution in [0.25, 0.3) is 0 Å². The lowest BCUT2D eigenvalue weighted by Gasteiger charge is -2.10. The normalized spacial score (nSPS) is 11.0. The number of para-hydroxylation sites is 1. The van der Waals surface area contributed by atoms with Gasteiger partial charge in [-0.05, 0) is 67.1 Å². The minimum Gasteiger partial charge on any atom is -0.484 e. The lowest BCUT2D eigenvalue weighted by atomic mass is 10.3. The van der Waals surface area contributed by atoms with E-state index in [1.807, 2.05) is 37.3 Å². The van der Waals surface area contributed by atoms with Gasteiger partial charge in [0.25, 0.3) is 5.91 Å². The van der Waals surface area contributed by atoms with Crippen molar-refractivity contribution in [3.05, 3.63) is 78.9 Å². The molecule has 3 rings (SSSR count). The molecule has 162 valence electrons. The van der Waals surface area contributed by atoms with E-state index in [4.69, 9.17) is 9.47 Å². The molecule has 1 amide bonds. The van der Waals surface area contributed by atoms with Crippen molar-refractivity contribution in [3.63, 3.8) is 0 Å². The molecule has 0 aromatic heterocycles. The zero-order chi connectivity index (χ0) is 22.1. The number of sulfonamides is 1. The van der Waals surface area contributed by atoms with Crippen LogP contribution >= 0.6 is 0 Å². The molecule has 3 aromatic rings. The smallest absolute Gasteiger partial charge is 0.262 e. The summed E-state index contributed by atoms with van der Waals surface area (Å²) >= 11 is 0. The van der Waals surface area contributed by atoms with Gasteiger partial charge in [0, 0.05) is 12.2 Å². The number of amides is 1. The number of benzene rings is 3. The molecule has 2 N–H and O–H groups in total. The summed E-state index contributed by atoms with van der Waals surface area (Å²) in [4.78, 5) is 12.3. The van der Waals surface area contributed by atoms with Gasteiger partial charge in [-0.3, -0.25) is 4.79 Å². The fourth-order valence-corrected chi connectivity index (χ4v) is 3.75. The van der Waals surface area contributed by atoms with Gasteiger partial charge in [0.15, 0.2) is 6.61 Å². The molecule has 0 unspecified atom stereocenters. The minimum absolute atomic E-state index is 0.149. The quantitative estimate of drug-likeness (QED) is 0.493. The van der Waals surface area contributed by atoms with Crippen LogP contribution in [-0.2, 0) is 14.8 Å². The standard InChI is InChI=1S/C23H24N2O5S/c1-2-16-24-31(27,28)22-14-12-19(13-15-22)29-17-23(26)25-18-8-10-21(11-9-18)30-20-6-4-3-5-7-20/h3-15,24H,2,16-17H2,1H3,(H,25,26). The zero-order valence-electron chi connectivity index (χ0n) is 17.1. The van der Waals surface area contributed by atoms with E-state index in [0.717, 1.165) is 5.75 Å². The number of carbonyl (C=O) groups excluding carboxylic acids is 1. The van der Waals surface area contributed by atoms with Gasteiger partial charge < -0.3 is 14.8 Å². The van der Waals surface area contributed by atoms with E-state index in [2.05, 4.69) is 10.0 Å². The number of anilines is 1. The van der Waals surface area contributed by atoms with Gasteiger partial charge in [-0.25, -0.2) is 13.1 Å². The summed E-state index contributed by atoms with van der Waals surface area (Å²) in [5.41, 5.74) is 0.609. The van der Waals surface area contributed by atoms with Crippen molar-refractivity contribution in [2.24, 2.45) is 0 Å². The summed E-state index contributed by atoms with van der Waals surface area (Å²) in [6, 6.07) is 22.3. The summed E-state index contributed by atoms with van der Waals surface area (Å²) in [6.45, 7) is 2.06. The van der Waals surface area contributed by atoms with Gasteiger partial charge >= 0.3 is 0 Å². The number of ether oxygens (including phenoxy) is 2. The summed E-state index contributed by atoms with van der Waals surface area (Å²) < 4.78 is 37.8. The molecule has 0 bridgehead atoms. The third-order valence-electron chi connectivity index (χ3n) is 4.16. The molecule has 0 spiro atoms. The molecular formula is C23H24N2O5S. The average Bonchev–Trinajstić information content (AvgIpc) is 2.79. The van der Waals surface area contributed by atoms with Crippen LogP contribution < -0.4 is 19.5 Å². The van der Waals surface area contributed by atoms with E-state index in [-0.39, 0.29) is 17.4 Å². The zero-order valence-corrected chi connectivity index (χ0v) is 17.9. The van der Waals surface area contributed by atoms with Crippen LogP contribution in [0.2, 0.25) is 0 Å². The van der Waals surface area contributed by atoms with Crippen molar-refractivity contribution in [2.45, 2.75) is 18.2 Å². The Morgan fingerprint density at radius 2 is 1.45 bits per heavy atom. The number of carbonyl (C=O) groups is 1. The van der Waals surface area contributed by atoms with E-state index in [1.165, 1.54) is 24.3 Å². The topological polar surface area (TPSA) is 93.7 Å². The molecule has 0 heterocycles. The third-order valence-corrected chi connectivity index (χ3v) is 5.64. The van der Waals surface area contributed by atoms with E-state index in [0.29, 0.717) is 30.2 Å². The molecule has 0 saturated heterocycles. The first kappa shape index (κ1) is 22.3. The molecule has 0 aliphatic heterocycles. The van der Waals surface area contributed by atoms with Crippen LogP contribution in [0.3, 0.4) is 0 Å². The van der Waals surface area contributed by atoms with Gasteiger partial charge in [-0.2, -0.15) is 0 Å². The summed E-state index contributed by atoms with van der Waals surface area (Å²) in [5, 5.41) is 2.74. The van der Waals surface area contributed by atoms with Crippen LogP contribution in [0.4, 0.5) is 5.69 Å². The van der Waals surface area contributed by atoms with E-state index >= 15 is 0 Å². The molecule has 0 saturated carbocycles. The van der Waals surface area contributed by atoms with Crippen molar-refractivity contribution >= 4 is 21.6 Å². The maximum absolute atomic E-state index is 12.1. The lowest BCUT2D eigenvalue weighted by Crippen LogP contribution is -2.24. The van der Waals surface area contributed by atoms with Crippen molar-refractivity contribution in [2.75, 3.05) is 18.5 Å². The maximum Gasteiger partial charge on any atom is 0.262 e. The predicted molar refractivity (Wildman–Crippen MR) is 119 cm³/mol. The van der Waals surface area contributed by atoms with Crippen LogP contribution in [0.1, 0.15) is 13.3 Å². The Hall–Kier alpha value is -3.36. The van der Waals surface area contributed by atoms with Crippen molar-refractivity contribution in [1.82, 2.24) is 4.72 Å². The van der Waals surface area contributed by atoms with Gasteiger partial charge in [-0.15, -0.1) is 0 Å². The summed E-state index contributed by atoms with van der Waals surface area (Å²) in [7, 11) is -3.53. The number of nitrogens with one attached hydrogen (secondary N) is 2. The highest BCUT2D eigenvalue weighted by Crippen LogP contribution is 2.22. The largest absolute Gasteiger partial charge is 0.484 e. The first-order chi connectivity index (χ1) is 15.0. The van der Waals surface area contributed by atoms with Crippen LogP contribution in [0, 0.1) is 0 Å². The first-order valence-corrected chi connectivity index (χ1v) is 11.3. The highest BCUT2D eigenvalue weighted by molar-refractivity contribution is 7.89. The molecule has 0 aliphatic rings. The molecular weight excluding hydrogens is 416 g/mol. The van der Waals surface area contributed by atoms with Crippen molar-refractivity contribution in [3.8, 4) is 17.2 Å². The number of hydrogen-bond acceptors (Lipinski definition) is 5. The fraction of sp³-hybridized carbons (Fsp3) is 0.174. The molecule has 0 radical (unpaired) electrons. The Kier molecular flexibility index (Phi) is 7.64. The second-order valence-corrected chi connectivity index (χ2v) is 8.41. The Balaban J connectivity index is 1.48. The van der Waals surface area contributed by atoms with E-state index in [1.54, 1.807) is 24.3 Å². The second kappa shape index (κ2) is 10.6. The van der Waals surface area contributed by atoms with E-state index < -0.39 is 10.0 Å². The highest BCUT2D eigenvalue weighted by atomic mass is 32.2. The van der Waals surface area contributed by atoms with Crippen LogP contribution in [0.5, 0.6) is 17.2 Å². The van der Waals surface area contributed by atoms with Crippen molar-refractivity contribution in [1.29, 1.82) is 0 Å². The third kappa shape index (κ3) is 6.84. The van der Waals surface area contributed by atoms with Gasteiger partial charge in [0.1, 0.15) is 17.2 Å². The van der Waals surface area contributed by atoms with Crippen molar-refractivity contribution < 1.29 is 22.7 Å². The van der Waals surface area contributed by atoms with Gasteiger partial charge in [0.2, 0.25) is 10.0 Å². The molecule has 0 fully saturated rings. The SMILES string of the molecule is CCCNS(=O)(=O)c1ccc(OCC(=O)Nc2ccc(Oc3ccccc3)cc2)cc1. The molecule has 0 aliphatic carbocycles. The lowest BCUT2D eigenvalue weighted by molar-refractivity contribution is -0.118. The molecule has 31 heavy (non-hydrogen) atoms. The number of hydrogen-bond donors (Lipinski definition) is 2. The first-order valence-electron chi connectivity index (χ1n) is 9.81. The second-order valence-electron chi connectivity index (χ2n) is 6.65. The fourth-order valence-electron chi connectivity index (χ4n) is 2.61. The summed E-state index contributed by atoms with van der Waals surface area (Å²) in [5.74, 6) is 1.45. The van der Waals surface area contributed by atoms with Gasteiger partial charge in [-0.1, -0.05) is 25.1 Å². The highest BCUT2D eigenvalue weighted by Gasteiger charge is 2.13. The Morgan fingerprint density at radius 1 is 0.839 bits per heavy atom. The molecule has 0 atom stereocenters. The number of rotatable bonds is 10. The summed E-state index contributed by atoms with van der Waals surface area (Å²) in [6.07, 6.45) is 0.707. The monoisotopic (exact) mass is 440 g/mol. The molecule has 8 heteroatoms. The average molecular weight is 441 g/mol. The Labute approximate surface area is 182 Å². The van der Waals surface area contributed by atoms with E-state index in [9.17, 15) is 13.2 Å². The maximum atomic E-state index is 12.1. The Morgan fingerprint density at radius 3 is 2.10 bits per heavy atom.